The lowest BCUT2D eigenvalue weighted by Crippen LogP contribution is -2.18. The fraction of sp³-hybridized carbons (Fsp3) is 0.444. The van der Waals surface area contributed by atoms with Crippen molar-refractivity contribution in [2.24, 2.45) is 5.73 Å². The SMILES string of the molecule is CCc1cc(C)nn1CC(N)=S.O=C=O. The van der Waals surface area contributed by atoms with Crippen molar-refractivity contribution < 1.29 is 9.59 Å². The van der Waals surface area contributed by atoms with Crippen LogP contribution in [0.3, 0.4) is 0 Å². The summed E-state index contributed by atoms with van der Waals surface area (Å²) in [5.41, 5.74) is 7.63. The van der Waals surface area contributed by atoms with Gasteiger partial charge in [-0.3, -0.25) is 4.68 Å². The van der Waals surface area contributed by atoms with Gasteiger partial charge in [-0.25, -0.2) is 0 Å². The molecule has 0 aliphatic heterocycles. The van der Waals surface area contributed by atoms with E-state index in [1.54, 1.807) is 0 Å². The van der Waals surface area contributed by atoms with Gasteiger partial charge in [-0.2, -0.15) is 14.7 Å². The summed E-state index contributed by atoms with van der Waals surface area (Å²) in [6.45, 7) is 4.61. The van der Waals surface area contributed by atoms with Gasteiger partial charge < -0.3 is 5.73 Å². The highest BCUT2D eigenvalue weighted by atomic mass is 32.1. The van der Waals surface area contributed by atoms with E-state index < -0.39 is 0 Å². The third-order valence-electron chi connectivity index (χ3n) is 1.65. The Kier molecular flexibility index (Phi) is 6.17. The minimum atomic E-state index is 0.250. The van der Waals surface area contributed by atoms with Gasteiger partial charge in [0.05, 0.1) is 17.2 Å². The molecule has 1 rings (SSSR count). The van der Waals surface area contributed by atoms with Crippen LogP contribution >= 0.6 is 12.2 Å². The normalized spacial score (nSPS) is 8.67. The van der Waals surface area contributed by atoms with Crippen molar-refractivity contribution in [3.05, 3.63) is 17.5 Å². The van der Waals surface area contributed by atoms with Gasteiger partial charge in [0.1, 0.15) is 0 Å². The van der Waals surface area contributed by atoms with Crippen LogP contribution in [0.15, 0.2) is 6.07 Å². The lowest BCUT2D eigenvalue weighted by molar-refractivity contribution is -0.191. The topological polar surface area (TPSA) is 78.0 Å². The Morgan fingerprint density at radius 2 is 2.20 bits per heavy atom. The van der Waals surface area contributed by atoms with Gasteiger partial charge in [0.2, 0.25) is 0 Å². The van der Waals surface area contributed by atoms with E-state index in [1.165, 1.54) is 5.69 Å². The third-order valence-corrected chi connectivity index (χ3v) is 1.78. The van der Waals surface area contributed by atoms with E-state index in [2.05, 4.69) is 18.1 Å². The largest absolute Gasteiger partial charge is 0.392 e. The first-order valence-electron chi connectivity index (χ1n) is 4.36. The van der Waals surface area contributed by atoms with Crippen LogP contribution in [0.2, 0.25) is 0 Å². The summed E-state index contributed by atoms with van der Waals surface area (Å²) >= 11 is 4.81. The van der Waals surface area contributed by atoms with Crippen molar-refractivity contribution in [1.82, 2.24) is 9.78 Å². The molecule has 0 aromatic carbocycles. The molecule has 5 nitrogen and oxygen atoms in total. The lowest BCUT2D eigenvalue weighted by atomic mass is 10.3. The maximum absolute atomic E-state index is 8.12. The zero-order chi connectivity index (χ0) is 11.8. The van der Waals surface area contributed by atoms with Crippen LogP contribution in [0.4, 0.5) is 0 Å². The summed E-state index contributed by atoms with van der Waals surface area (Å²) in [4.78, 5) is 16.7. The molecule has 2 N–H and O–H groups in total. The molecule has 0 aliphatic rings. The van der Waals surface area contributed by atoms with E-state index in [9.17, 15) is 0 Å². The number of aryl methyl sites for hydroxylation is 2. The van der Waals surface area contributed by atoms with Crippen molar-refractivity contribution in [2.75, 3.05) is 0 Å². The molecule has 0 saturated carbocycles. The van der Waals surface area contributed by atoms with E-state index in [1.807, 2.05) is 11.6 Å². The summed E-state index contributed by atoms with van der Waals surface area (Å²) < 4.78 is 1.86. The first kappa shape index (κ1) is 13.5. The predicted octanol–water partition coefficient (Wildman–Crippen LogP) is 0.457. The molecule has 82 valence electrons. The predicted molar refractivity (Wildman–Crippen MR) is 58.1 cm³/mol. The molecule has 0 fully saturated rings. The number of rotatable bonds is 3. The lowest BCUT2D eigenvalue weighted by Gasteiger charge is -2.02. The number of hydrogen-bond donors (Lipinski definition) is 1. The molecule has 0 radical (unpaired) electrons. The van der Waals surface area contributed by atoms with Gasteiger partial charge in [-0.15, -0.1) is 0 Å². The third kappa shape index (κ3) is 5.05. The van der Waals surface area contributed by atoms with Crippen LogP contribution in [0, 0.1) is 6.92 Å². The maximum Gasteiger partial charge on any atom is 0.373 e. The summed E-state index contributed by atoms with van der Waals surface area (Å²) in [6.07, 6.45) is 1.21. The minimum absolute atomic E-state index is 0.250. The maximum atomic E-state index is 8.12. The van der Waals surface area contributed by atoms with Crippen molar-refractivity contribution in [1.29, 1.82) is 0 Å². The molecule has 0 bridgehead atoms. The Labute approximate surface area is 93.3 Å². The van der Waals surface area contributed by atoms with Crippen molar-refractivity contribution in [3.63, 3.8) is 0 Å². The van der Waals surface area contributed by atoms with Crippen molar-refractivity contribution in [3.8, 4) is 0 Å². The van der Waals surface area contributed by atoms with E-state index in [4.69, 9.17) is 27.5 Å². The number of nitrogens with two attached hydrogens (primary N) is 1. The van der Waals surface area contributed by atoms with E-state index in [-0.39, 0.29) is 6.15 Å². The first-order valence-corrected chi connectivity index (χ1v) is 4.76. The highest BCUT2D eigenvalue weighted by Gasteiger charge is 2.03. The van der Waals surface area contributed by atoms with Crippen LogP contribution in [-0.2, 0) is 22.6 Å². The van der Waals surface area contributed by atoms with Gasteiger partial charge in [0.15, 0.2) is 0 Å². The molecule has 1 heterocycles. The molecule has 0 saturated heterocycles. The number of carbonyl (C=O) groups excluding carboxylic acids is 2. The average Bonchev–Trinajstić information content (AvgIpc) is 2.46. The first-order chi connectivity index (χ1) is 7.04. The molecule has 15 heavy (non-hydrogen) atoms. The Balaban J connectivity index is 0.000000583. The molecule has 0 unspecified atom stereocenters. The average molecular weight is 227 g/mol. The molecule has 0 atom stereocenters. The van der Waals surface area contributed by atoms with Gasteiger partial charge in [-0.1, -0.05) is 19.1 Å². The summed E-state index contributed by atoms with van der Waals surface area (Å²) in [6, 6.07) is 2.05. The van der Waals surface area contributed by atoms with Gasteiger partial charge in [0, 0.05) is 5.69 Å². The molecule has 1 aromatic rings. The zero-order valence-electron chi connectivity index (χ0n) is 8.69. The van der Waals surface area contributed by atoms with Crippen LogP contribution in [0.1, 0.15) is 18.3 Å². The summed E-state index contributed by atoms with van der Waals surface area (Å²) in [5, 5.41) is 4.27. The summed E-state index contributed by atoms with van der Waals surface area (Å²) in [7, 11) is 0. The van der Waals surface area contributed by atoms with E-state index in [0.29, 0.717) is 11.5 Å². The van der Waals surface area contributed by atoms with Crippen LogP contribution in [0.25, 0.3) is 0 Å². The Morgan fingerprint density at radius 3 is 2.60 bits per heavy atom. The van der Waals surface area contributed by atoms with Crippen LogP contribution in [0.5, 0.6) is 0 Å². The molecular weight excluding hydrogens is 214 g/mol. The second kappa shape index (κ2) is 6.86. The Morgan fingerprint density at radius 1 is 1.67 bits per heavy atom. The monoisotopic (exact) mass is 227 g/mol. The van der Waals surface area contributed by atoms with E-state index in [0.717, 1.165) is 12.1 Å². The second-order valence-corrected chi connectivity index (χ2v) is 3.36. The number of hydrogen-bond acceptors (Lipinski definition) is 4. The Bertz CT molecular complexity index is 367. The number of aromatic nitrogens is 2. The van der Waals surface area contributed by atoms with Crippen LogP contribution in [-0.4, -0.2) is 20.9 Å². The molecule has 0 aliphatic carbocycles. The number of nitrogens with zero attached hydrogens (tertiary/aromatic N) is 2. The van der Waals surface area contributed by atoms with Gasteiger partial charge in [-0.05, 0) is 19.4 Å². The number of thiocarbonyl (C=S) groups is 1. The van der Waals surface area contributed by atoms with Gasteiger partial charge >= 0.3 is 6.15 Å². The fourth-order valence-corrected chi connectivity index (χ4v) is 1.29. The minimum Gasteiger partial charge on any atom is -0.392 e. The van der Waals surface area contributed by atoms with Crippen molar-refractivity contribution >= 4 is 23.4 Å². The van der Waals surface area contributed by atoms with Gasteiger partial charge in [0.25, 0.3) is 0 Å². The second-order valence-electron chi connectivity index (χ2n) is 2.84. The molecule has 6 heteroatoms. The molecule has 0 amide bonds. The summed E-state index contributed by atoms with van der Waals surface area (Å²) in [5.74, 6) is 0. The zero-order valence-corrected chi connectivity index (χ0v) is 9.50. The molecular formula is C9H13N3O2S. The standard InChI is InChI=1S/C8H13N3S.CO2/c1-3-7-4-6(2)10-11(7)5-8(9)12;2-1-3/h4H,3,5H2,1-2H3,(H2,9,12);. The smallest absolute Gasteiger partial charge is 0.373 e. The highest BCUT2D eigenvalue weighted by Crippen LogP contribution is 2.03. The quantitative estimate of drug-likeness (QED) is 0.759. The van der Waals surface area contributed by atoms with Crippen LogP contribution < -0.4 is 5.73 Å². The molecule has 1 aromatic heterocycles. The van der Waals surface area contributed by atoms with Crippen molar-refractivity contribution in [2.45, 2.75) is 26.8 Å². The fourth-order valence-electron chi connectivity index (χ4n) is 1.17. The van der Waals surface area contributed by atoms with E-state index >= 15 is 0 Å². The Hall–Kier alpha value is -1.52. The highest BCUT2D eigenvalue weighted by molar-refractivity contribution is 7.80. The molecule has 0 spiro atoms.